The van der Waals surface area contributed by atoms with Gasteiger partial charge in [0, 0.05) is 19.4 Å². The van der Waals surface area contributed by atoms with Crippen molar-refractivity contribution in [2.75, 3.05) is 26.4 Å². The summed E-state index contributed by atoms with van der Waals surface area (Å²) in [5, 5.41) is 0. The van der Waals surface area contributed by atoms with Crippen molar-refractivity contribution in [1.82, 2.24) is 0 Å². The Morgan fingerprint density at radius 2 is 0.802 bits per heavy atom. The SMILES string of the molecule is CC(C)CC(=O)OC(C)CC(C)(C)C.CC(C)CC(=O)OCCC(C)(C)C.CC(CC(C)(C)C)OC(=O)C(C)C.CC(CC(C)(C)C)OC(=O)C1CCCC1.CCC(C)(C)C.CCCC(C)(C)C.CCCOCC(=O)OCC(C)(C)C. The van der Waals surface area contributed by atoms with Crippen LogP contribution in [0.3, 0.4) is 0 Å². The van der Waals surface area contributed by atoms with Crippen LogP contribution < -0.4 is 0 Å². The molecule has 11 nitrogen and oxygen atoms in total. The molecule has 1 aliphatic rings. The second-order valence-corrected chi connectivity index (χ2v) is 32.5. The number of ether oxygens (including phenoxy) is 6. The molecule has 3 atom stereocenters. The Hall–Kier alpha value is -2.69. The maximum atomic E-state index is 11.7. The van der Waals surface area contributed by atoms with Gasteiger partial charge >= 0.3 is 29.8 Å². The van der Waals surface area contributed by atoms with Crippen molar-refractivity contribution in [3.05, 3.63) is 0 Å². The van der Waals surface area contributed by atoms with Crippen LogP contribution in [-0.2, 0) is 52.4 Å². The van der Waals surface area contributed by atoms with Crippen molar-refractivity contribution >= 4 is 29.8 Å². The molecule has 0 aromatic heterocycles. The molecule has 0 radical (unpaired) electrons. The lowest BCUT2D eigenvalue weighted by atomic mass is 9.89. The number of carbonyl (C=O) groups excluding carboxylic acids is 5. The Bertz CT molecular complexity index is 1560. The third-order valence-corrected chi connectivity index (χ3v) is 11.4. The van der Waals surface area contributed by atoms with Crippen LogP contribution in [0.2, 0.25) is 0 Å². The van der Waals surface area contributed by atoms with Gasteiger partial charge in [-0.2, -0.15) is 0 Å². The molecular weight excluding hydrogens is 1020 g/mol. The minimum atomic E-state index is -0.275. The molecule has 488 valence electrons. The van der Waals surface area contributed by atoms with Crippen LogP contribution in [0, 0.1) is 61.6 Å². The van der Waals surface area contributed by atoms with Crippen molar-refractivity contribution in [1.29, 1.82) is 0 Å². The quantitative estimate of drug-likeness (QED) is 0.0653. The Morgan fingerprint density at radius 1 is 0.420 bits per heavy atom. The summed E-state index contributed by atoms with van der Waals surface area (Å²) < 4.78 is 31.1. The second-order valence-electron chi connectivity index (χ2n) is 32.5. The predicted molar refractivity (Wildman–Crippen MR) is 345 cm³/mol. The highest BCUT2D eigenvalue weighted by molar-refractivity contribution is 5.73. The van der Waals surface area contributed by atoms with Gasteiger partial charge in [-0.1, -0.05) is 233 Å². The average Bonchev–Trinajstić information content (AvgIpc) is 3.76. The maximum Gasteiger partial charge on any atom is 0.332 e. The minimum Gasteiger partial charge on any atom is -0.466 e. The van der Waals surface area contributed by atoms with E-state index in [0.29, 0.717) is 55.3 Å². The monoisotopic (exact) mass is 1160 g/mol. The van der Waals surface area contributed by atoms with Crippen molar-refractivity contribution in [3.63, 3.8) is 0 Å². The zero-order chi connectivity index (χ0) is 65.4. The van der Waals surface area contributed by atoms with Crippen molar-refractivity contribution in [2.24, 2.45) is 61.6 Å². The first-order chi connectivity index (χ1) is 36.2. The zero-order valence-electron chi connectivity index (χ0n) is 60.3. The molecular formula is C70H142O11. The predicted octanol–water partition coefficient (Wildman–Crippen LogP) is 20.2. The molecule has 0 aromatic rings. The summed E-state index contributed by atoms with van der Waals surface area (Å²) in [5.74, 6) is 0.446. The van der Waals surface area contributed by atoms with Gasteiger partial charge in [-0.3, -0.25) is 19.2 Å². The summed E-state index contributed by atoms with van der Waals surface area (Å²) in [4.78, 5) is 56.4. The molecule has 0 saturated heterocycles. The van der Waals surface area contributed by atoms with Crippen LogP contribution in [0.15, 0.2) is 0 Å². The van der Waals surface area contributed by atoms with Gasteiger partial charge in [-0.05, 0) is 122 Å². The van der Waals surface area contributed by atoms with Gasteiger partial charge in [0.2, 0.25) is 0 Å². The van der Waals surface area contributed by atoms with Gasteiger partial charge in [0.1, 0.15) is 6.61 Å². The molecule has 1 rings (SSSR count). The van der Waals surface area contributed by atoms with E-state index in [0.717, 1.165) is 44.9 Å². The van der Waals surface area contributed by atoms with Gasteiger partial charge in [0.05, 0.1) is 43.4 Å². The smallest absolute Gasteiger partial charge is 0.332 e. The largest absolute Gasteiger partial charge is 0.466 e. The van der Waals surface area contributed by atoms with E-state index in [1.165, 1.54) is 32.1 Å². The highest BCUT2D eigenvalue weighted by atomic mass is 16.6. The van der Waals surface area contributed by atoms with Crippen LogP contribution in [0.5, 0.6) is 0 Å². The number of hydrogen-bond acceptors (Lipinski definition) is 11. The summed E-state index contributed by atoms with van der Waals surface area (Å²) in [5.41, 5.74) is 2.04. The van der Waals surface area contributed by atoms with E-state index in [9.17, 15) is 24.0 Å². The fourth-order valence-electron chi connectivity index (χ4n) is 7.36. The lowest BCUT2D eigenvalue weighted by Gasteiger charge is -2.24. The number of esters is 5. The molecule has 0 bridgehead atoms. The molecule has 11 heteroatoms. The Labute approximate surface area is 504 Å². The minimum absolute atomic E-state index is 0.0231. The van der Waals surface area contributed by atoms with E-state index in [1.807, 2.05) is 90.0 Å². The molecule has 0 N–H and O–H groups in total. The van der Waals surface area contributed by atoms with E-state index >= 15 is 0 Å². The first-order valence-corrected chi connectivity index (χ1v) is 31.7. The molecule has 0 aromatic carbocycles. The molecule has 0 spiro atoms. The first-order valence-electron chi connectivity index (χ1n) is 31.7. The average molecular weight is 1160 g/mol. The van der Waals surface area contributed by atoms with Crippen LogP contribution in [0.25, 0.3) is 0 Å². The van der Waals surface area contributed by atoms with Crippen LogP contribution in [0.1, 0.15) is 318 Å². The van der Waals surface area contributed by atoms with Gasteiger partial charge in [0.25, 0.3) is 0 Å². The van der Waals surface area contributed by atoms with Gasteiger partial charge in [-0.25, -0.2) is 4.79 Å². The summed E-state index contributed by atoms with van der Waals surface area (Å²) in [7, 11) is 0. The first kappa shape index (κ1) is 89.5. The van der Waals surface area contributed by atoms with Crippen LogP contribution >= 0.6 is 0 Å². The van der Waals surface area contributed by atoms with E-state index in [-0.39, 0.29) is 93.7 Å². The van der Waals surface area contributed by atoms with Crippen LogP contribution in [-0.4, -0.2) is 74.6 Å². The maximum absolute atomic E-state index is 11.7. The molecule has 0 aliphatic heterocycles. The van der Waals surface area contributed by atoms with E-state index in [4.69, 9.17) is 28.4 Å². The summed E-state index contributed by atoms with van der Waals surface area (Å²) in [6.45, 7) is 71.3. The summed E-state index contributed by atoms with van der Waals surface area (Å²) in [6.07, 6.45) is 14.1. The molecule has 1 saturated carbocycles. The Morgan fingerprint density at radius 3 is 1.11 bits per heavy atom. The van der Waals surface area contributed by atoms with E-state index in [2.05, 4.69) is 138 Å². The van der Waals surface area contributed by atoms with Crippen molar-refractivity contribution in [2.45, 2.75) is 337 Å². The second kappa shape index (κ2) is 45.6. The highest BCUT2D eigenvalue weighted by Crippen LogP contribution is 2.29. The van der Waals surface area contributed by atoms with Gasteiger partial charge in [0.15, 0.2) is 0 Å². The molecule has 3 unspecified atom stereocenters. The lowest BCUT2D eigenvalue weighted by molar-refractivity contribution is -0.154. The summed E-state index contributed by atoms with van der Waals surface area (Å²) in [6, 6.07) is 0. The third-order valence-electron chi connectivity index (χ3n) is 11.4. The molecule has 81 heavy (non-hydrogen) atoms. The van der Waals surface area contributed by atoms with Gasteiger partial charge in [-0.15, -0.1) is 0 Å². The van der Waals surface area contributed by atoms with E-state index < -0.39 is 0 Å². The van der Waals surface area contributed by atoms with E-state index in [1.54, 1.807) is 0 Å². The lowest BCUT2D eigenvalue weighted by Crippen LogP contribution is -2.24. The Balaban J connectivity index is -0.000000206. The van der Waals surface area contributed by atoms with Crippen molar-refractivity contribution < 1.29 is 52.4 Å². The number of rotatable bonds is 20. The van der Waals surface area contributed by atoms with Crippen molar-refractivity contribution in [3.8, 4) is 0 Å². The highest BCUT2D eigenvalue weighted by Gasteiger charge is 2.27. The molecule has 1 aliphatic carbocycles. The standard InChI is InChI=1S/C13H24O2.C12H24O2.2C11H22O2.C10H20O3.C7H16.C6H14/c1-10(9-13(2,3)4)15-12(14)11-7-5-6-8-11;1-9(2)7-11(13)14-10(3)8-12(4,5)6;1-8(2)10(12)13-9(3)7-11(4,5)6;1-9(2)8-10(12)13-7-6-11(3,4)5;1-5-6-12-7-9(11)13-8-10(2,3)4;1-5-6-7(2,3)4;1-5-6(2,3)4/h10-11H,5-9H2,1-4H3;9-10H,7-8H2,1-6H3;8-9H,7H2,1-6H3;9H,6-8H2,1-5H3;5-8H2,1-4H3;5-6H2,1-4H3;5H2,1-4H3. The summed E-state index contributed by atoms with van der Waals surface area (Å²) >= 11 is 0. The molecule has 0 heterocycles. The third kappa shape index (κ3) is 83.9. The molecule has 0 amide bonds. The fraction of sp³-hybridized carbons (Fsp3) is 0.929. The number of carbonyl (C=O) groups is 5. The number of hydrogen-bond donors (Lipinski definition) is 0. The van der Waals surface area contributed by atoms with Crippen LogP contribution in [0.4, 0.5) is 0 Å². The Kier molecular flexibility index (Phi) is 50.4. The molecule has 1 fully saturated rings. The normalized spacial score (nSPS) is 14.2. The fourth-order valence-corrected chi connectivity index (χ4v) is 7.36. The zero-order valence-corrected chi connectivity index (χ0v) is 60.3. The van der Waals surface area contributed by atoms with Gasteiger partial charge < -0.3 is 28.4 Å². The topological polar surface area (TPSA) is 141 Å².